The van der Waals surface area contributed by atoms with Crippen LogP contribution in [0.5, 0.6) is 0 Å². The van der Waals surface area contributed by atoms with Crippen molar-refractivity contribution in [3.8, 4) is 0 Å². The van der Waals surface area contributed by atoms with Crippen LogP contribution in [0.2, 0.25) is 0 Å². The van der Waals surface area contributed by atoms with Crippen molar-refractivity contribution in [2.24, 2.45) is 0 Å². The lowest BCUT2D eigenvalue weighted by atomic mass is 9.95. The van der Waals surface area contributed by atoms with E-state index in [4.69, 9.17) is 4.74 Å². The van der Waals surface area contributed by atoms with Gasteiger partial charge in [-0.1, -0.05) is 43.2 Å². The van der Waals surface area contributed by atoms with Gasteiger partial charge in [0, 0.05) is 0 Å². The molecule has 1 aromatic carbocycles. The van der Waals surface area contributed by atoms with E-state index >= 15 is 0 Å². The van der Waals surface area contributed by atoms with Gasteiger partial charge in [0.05, 0.1) is 18.8 Å². The molecule has 2 rings (SSSR count). The Morgan fingerprint density at radius 3 is 2.62 bits per heavy atom. The molecule has 0 radical (unpaired) electrons. The summed E-state index contributed by atoms with van der Waals surface area (Å²) in [5, 5.41) is 9.74. The predicted octanol–water partition coefficient (Wildman–Crippen LogP) is 2.55. The van der Waals surface area contributed by atoms with Crippen LogP contribution in [0.3, 0.4) is 0 Å². The Morgan fingerprint density at radius 1 is 1.12 bits per heavy atom. The minimum atomic E-state index is -0.246. The van der Waals surface area contributed by atoms with Crippen molar-refractivity contribution in [2.45, 2.75) is 44.3 Å². The van der Waals surface area contributed by atoms with Gasteiger partial charge < -0.3 is 9.84 Å². The van der Waals surface area contributed by atoms with Crippen LogP contribution in [-0.4, -0.2) is 23.9 Å². The van der Waals surface area contributed by atoms with Crippen molar-refractivity contribution in [1.82, 2.24) is 0 Å². The molecule has 0 spiro atoms. The molecule has 1 unspecified atom stereocenters. The average Bonchev–Trinajstić information content (AvgIpc) is 2.33. The van der Waals surface area contributed by atoms with Crippen molar-refractivity contribution in [3.63, 3.8) is 0 Å². The summed E-state index contributed by atoms with van der Waals surface area (Å²) in [6.45, 7) is 0.714. The normalized spacial score (nSPS) is 25.6. The maximum atomic E-state index is 9.74. The molecule has 0 heterocycles. The Bertz CT molecular complexity index is 297. The zero-order chi connectivity index (χ0) is 11.2. The molecule has 1 aliphatic carbocycles. The topological polar surface area (TPSA) is 29.5 Å². The van der Waals surface area contributed by atoms with Gasteiger partial charge in [-0.25, -0.2) is 0 Å². The summed E-state index contributed by atoms with van der Waals surface area (Å²) in [6.07, 6.45) is 4.99. The maximum absolute atomic E-state index is 9.74. The van der Waals surface area contributed by atoms with Crippen LogP contribution in [-0.2, 0) is 11.2 Å². The molecule has 1 aromatic rings. The van der Waals surface area contributed by atoms with Crippen molar-refractivity contribution < 1.29 is 9.84 Å². The van der Waals surface area contributed by atoms with E-state index < -0.39 is 0 Å². The first-order chi connectivity index (χ1) is 7.86. The van der Waals surface area contributed by atoms with Crippen molar-refractivity contribution in [1.29, 1.82) is 0 Å². The van der Waals surface area contributed by atoms with Crippen LogP contribution in [0, 0.1) is 0 Å². The molecular formula is C14H20O2. The Labute approximate surface area is 97.3 Å². The number of hydrogen-bond donors (Lipinski definition) is 1. The van der Waals surface area contributed by atoms with E-state index in [2.05, 4.69) is 12.1 Å². The fraction of sp³-hybridized carbons (Fsp3) is 0.571. The van der Waals surface area contributed by atoms with E-state index in [-0.39, 0.29) is 12.2 Å². The molecule has 1 N–H and O–H groups in total. The van der Waals surface area contributed by atoms with Crippen LogP contribution in [0.15, 0.2) is 30.3 Å². The van der Waals surface area contributed by atoms with Gasteiger partial charge in [0.15, 0.2) is 0 Å². The van der Waals surface area contributed by atoms with Crippen LogP contribution < -0.4 is 0 Å². The third kappa shape index (κ3) is 3.32. The molecule has 0 aliphatic heterocycles. The van der Waals surface area contributed by atoms with E-state index in [0.29, 0.717) is 6.61 Å². The Morgan fingerprint density at radius 2 is 1.88 bits per heavy atom. The number of ether oxygens (including phenoxy) is 1. The van der Waals surface area contributed by atoms with Crippen molar-refractivity contribution in [3.05, 3.63) is 35.9 Å². The first-order valence-corrected chi connectivity index (χ1v) is 6.20. The molecule has 0 bridgehead atoms. The van der Waals surface area contributed by atoms with Gasteiger partial charge in [-0.15, -0.1) is 0 Å². The fourth-order valence-corrected chi connectivity index (χ4v) is 2.24. The fourth-order valence-electron chi connectivity index (χ4n) is 2.24. The SMILES string of the molecule is O[C@H]1CCCCC1OCCc1ccccc1. The molecule has 2 nitrogen and oxygen atoms in total. The van der Waals surface area contributed by atoms with E-state index in [0.717, 1.165) is 25.7 Å². The number of rotatable bonds is 4. The first kappa shape index (κ1) is 11.6. The highest BCUT2D eigenvalue weighted by molar-refractivity contribution is 5.14. The number of aliphatic hydroxyl groups is 1. The van der Waals surface area contributed by atoms with Crippen LogP contribution in [0.25, 0.3) is 0 Å². The van der Waals surface area contributed by atoms with Crippen molar-refractivity contribution >= 4 is 0 Å². The molecule has 1 aliphatic rings. The molecule has 16 heavy (non-hydrogen) atoms. The molecule has 0 saturated heterocycles. The second kappa shape index (κ2) is 6.02. The van der Waals surface area contributed by atoms with Gasteiger partial charge in [-0.3, -0.25) is 0 Å². The molecule has 0 amide bonds. The second-order valence-electron chi connectivity index (χ2n) is 4.50. The quantitative estimate of drug-likeness (QED) is 0.845. The van der Waals surface area contributed by atoms with E-state index in [1.54, 1.807) is 0 Å². The molecule has 2 heteroatoms. The van der Waals surface area contributed by atoms with Gasteiger partial charge in [0.25, 0.3) is 0 Å². The van der Waals surface area contributed by atoms with Gasteiger partial charge in [0.2, 0.25) is 0 Å². The van der Waals surface area contributed by atoms with E-state index in [1.165, 1.54) is 12.0 Å². The molecule has 88 valence electrons. The minimum absolute atomic E-state index is 0.0671. The third-order valence-corrected chi connectivity index (χ3v) is 3.23. The standard InChI is InChI=1S/C14H20O2/c15-13-8-4-5-9-14(13)16-11-10-12-6-2-1-3-7-12/h1-3,6-7,13-15H,4-5,8-11H2/t13-,14?/m0/s1. The van der Waals surface area contributed by atoms with E-state index in [9.17, 15) is 5.11 Å². The second-order valence-corrected chi connectivity index (χ2v) is 4.50. The molecular weight excluding hydrogens is 200 g/mol. The molecule has 1 saturated carbocycles. The summed E-state index contributed by atoms with van der Waals surface area (Å²) in [5.74, 6) is 0. The monoisotopic (exact) mass is 220 g/mol. The highest BCUT2D eigenvalue weighted by Crippen LogP contribution is 2.21. The molecule has 1 fully saturated rings. The average molecular weight is 220 g/mol. The predicted molar refractivity (Wildman–Crippen MR) is 64.4 cm³/mol. The van der Waals surface area contributed by atoms with Gasteiger partial charge in [-0.2, -0.15) is 0 Å². The molecule has 0 aromatic heterocycles. The highest BCUT2D eigenvalue weighted by Gasteiger charge is 2.23. The van der Waals surface area contributed by atoms with Crippen molar-refractivity contribution in [2.75, 3.05) is 6.61 Å². The Balaban J connectivity index is 1.71. The van der Waals surface area contributed by atoms with Gasteiger partial charge in [-0.05, 0) is 24.8 Å². The number of hydrogen-bond acceptors (Lipinski definition) is 2. The van der Waals surface area contributed by atoms with Gasteiger partial charge in [0.1, 0.15) is 0 Å². The summed E-state index contributed by atoms with van der Waals surface area (Å²) in [7, 11) is 0. The van der Waals surface area contributed by atoms with Crippen LogP contribution in [0.1, 0.15) is 31.2 Å². The highest BCUT2D eigenvalue weighted by atomic mass is 16.5. The lowest BCUT2D eigenvalue weighted by Crippen LogP contribution is -2.32. The van der Waals surface area contributed by atoms with E-state index in [1.807, 2.05) is 18.2 Å². The summed E-state index contributed by atoms with van der Waals surface area (Å²) >= 11 is 0. The number of aliphatic hydroxyl groups excluding tert-OH is 1. The maximum Gasteiger partial charge on any atom is 0.0834 e. The molecule has 2 atom stereocenters. The largest absolute Gasteiger partial charge is 0.390 e. The summed E-state index contributed by atoms with van der Waals surface area (Å²) in [4.78, 5) is 0. The summed E-state index contributed by atoms with van der Waals surface area (Å²) < 4.78 is 5.75. The Kier molecular flexibility index (Phi) is 4.37. The zero-order valence-electron chi connectivity index (χ0n) is 9.64. The van der Waals surface area contributed by atoms with Crippen LogP contribution in [0.4, 0.5) is 0 Å². The lowest BCUT2D eigenvalue weighted by Gasteiger charge is -2.27. The van der Waals surface area contributed by atoms with Crippen LogP contribution >= 0.6 is 0 Å². The summed E-state index contributed by atoms with van der Waals surface area (Å²) in [5.41, 5.74) is 1.30. The summed E-state index contributed by atoms with van der Waals surface area (Å²) in [6, 6.07) is 10.3. The minimum Gasteiger partial charge on any atom is -0.390 e. The zero-order valence-corrected chi connectivity index (χ0v) is 9.64. The Hall–Kier alpha value is -0.860. The number of benzene rings is 1. The lowest BCUT2D eigenvalue weighted by molar-refractivity contribution is -0.0575. The van der Waals surface area contributed by atoms with Gasteiger partial charge >= 0.3 is 0 Å². The smallest absolute Gasteiger partial charge is 0.0834 e. The first-order valence-electron chi connectivity index (χ1n) is 6.20. The third-order valence-electron chi connectivity index (χ3n) is 3.23.